The first-order valence-electron chi connectivity index (χ1n) is 7.56. The van der Waals surface area contributed by atoms with Crippen LogP contribution in [0, 0.1) is 0 Å². The molecule has 0 radical (unpaired) electrons. The largest absolute Gasteiger partial charge is 0.350 e. The first-order valence-corrected chi connectivity index (χ1v) is 8.72. The van der Waals surface area contributed by atoms with Crippen LogP contribution < -0.4 is 16.0 Å². The molecular formula is C16H23N3O2S. The Morgan fingerprint density at radius 1 is 1.32 bits per heavy atom. The molecule has 1 aromatic carbocycles. The Bertz CT molecular complexity index is 511. The van der Waals surface area contributed by atoms with Crippen molar-refractivity contribution in [2.24, 2.45) is 0 Å². The topological polar surface area (TPSA) is 70.2 Å². The molecule has 1 aliphatic rings. The molecule has 22 heavy (non-hydrogen) atoms. The molecular weight excluding hydrogens is 298 g/mol. The maximum Gasteiger partial charge on any atom is 0.251 e. The van der Waals surface area contributed by atoms with E-state index < -0.39 is 0 Å². The lowest BCUT2D eigenvalue weighted by atomic mass is 10.1. The van der Waals surface area contributed by atoms with Crippen LogP contribution in [0.2, 0.25) is 0 Å². The highest BCUT2D eigenvalue weighted by Gasteiger charge is 2.16. The van der Waals surface area contributed by atoms with Gasteiger partial charge in [-0.05, 0) is 38.1 Å². The standard InChI is InChI=1S/C16H23N3O2S/c1-11(2)18-16(21)12-3-5-13(6-4-12)19-15(20)9-14-10-22-8-7-17-14/h3-6,11,14,17H,7-10H2,1-2H3,(H,18,21)(H,19,20). The van der Waals surface area contributed by atoms with E-state index in [0.29, 0.717) is 12.0 Å². The summed E-state index contributed by atoms with van der Waals surface area (Å²) in [6.07, 6.45) is 0.475. The third-order valence-corrected chi connectivity index (χ3v) is 4.41. The zero-order valence-electron chi connectivity index (χ0n) is 13.0. The minimum Gasteiger partial charge on any atom is -0.350 e. The summed E-state index contributed by atoms with van der Waals surface area (Å²) in [4.78, 5) is 23.8. The summed E-state index contributed by atoms with van der Waals surface area (Å²) in [7, 11) is 0. The van der Waals surface area contributed by atoms with Gasteiger partial charge in [0.1, 0.15) is 0 Å². The van der Waals surface area contributed by atoms with E-state index in [-0.39, 0.29) is 23.9 Å². The lowest BCUT2D eigenvalue weighted by molar-refractivity contribution is -0.116. The first kappa shape index (κ1) is 16.8. The fraction of sp³-hybridized carbons (Fsp3) is 0.500. The highest BCUT2D eigenvalue weighted by Crippen LogP contribution is 2.13. The number of hydrogen-bond acceptors (Lipinski definition) is 4. The fourth-order valence-corrected chi connectivity index (χ4v) is 3.19. The number of carbonyl (C=O) groups excluding carboxylic acids is 2. The van der Waals surface area contributed by atoms with Crippen molar-refractivity contribution < 1.29 is 9.59 Å². The Morgan fingerprint density at radius 3 is 2.64 bits per heavy atom. The summed E-state index contributed by atoms with van der Waals surface area (Å²) in [5.74, 6) is 1.98. The van der Waals surface area contributed by atoms with E-state index in [1.165, 1.54) is 0 Å². The summed E-state index contributed by atoms with van der Waals surface area (Å²) in [5.41, 5.74) is 1.31. The average Bonchev–Trinajstić information content (AvgIpc) is 2.48. The van der Waals surface area contributed by atoms with Gasteiger partial charge in [0.25, 0.3) is 5.91 Å². The lowest BCUT2D eigenvalue weighted by Crippen LogP contribution is -2.39. The van der Waals surface area contributed by atoms with Crippen molar-refractivity contribution in [3.05, 3.63) is 29.8 Å². The van der Waals surface area contributed by atoms with Crippen LogP contribution in [0.25, 0.3) is 0 Å². The SMILES string of the molecule is CC(C)NC(=O)c1ccc(NC(=O)CC2CSCCN2)cc1. The van der Waals surface area contributed by atoms with Gasteiger partial charge in [0.15, 0.2) is 0 Å². The quantitative estimate of drug-likeness (QED) is 0.774. The van der Waals surface area contributed by atoms with E-state index in [1.807, 2.05) is 25.6 Å². The van der Waals surface area contributed by atoms with Crippen LogP contribution in [-0.2, 0) is 4.79 Å². The molecule has 0 saturated carbocycles. The summed E-state index contributed by atoms with van der Waals surface area (Å²) in [6.45, 7) is 4.80. The third kappa shape index (κ3) is 5.35. The van der Waals surface area contributed by atoms with Crippen molar-refractivity contribution in [1.82, 2.24) is 10.6 Å². The zero-order chi connectivity index (χ0) is 15.9. The van der Waals surface area contributed by atoms with Gasteiger partial charge in [0, 0.05) is 47.8 Å². The van der Waals surface area contributed by atoms with E-state index in [9.17, 15) is 9.59 Å². The Morgan fingerprint density at radius 2 is 2.05 bits per heavy atom. The molecule has 1 aromatic rings. The zero-order valence-corrected chi connectivity index (χ0v) is 13.8. The number of carbonyl (C=O) groups is 2. The minimum absolute atomic E-state index is 0.000572. The molecule has 1 saturated heterocycles. The highest BCUT2D eigenvalue weighted by molar-refractivity contribution is 7.99. The summed E-state index contributed by atoms with van der Waals surface area (Å²) >= 11 is 1.87. The van der Waals surface area contributed by atoms with Crippen LogP contribution in [0.15, 0.2) is 24.3 Å². The van der Waals surface area contributed by atoms with Gasteiger partial charge < -0.3 is 16.0 Å². The van der Waals surface area contributed by atoms with E-state index in [2.05, 4.69) is 16.0 Å². The second-order valence-electron chi connectivity index (χ2n) is 5.68. The predicted octanol–water partition coefficient (Wildman–Crippen LogP) is 1.86. The molecule has 0 spiro atoms. The molecule has 120 valence electrons. The smallest absolute Gasteiger partial charge is 0.251 e. The van der Waals surface area contributed by atoms with Gasteiger partial charge in [-0.25, -0.2) is 0 Å². The summed E-state index contributed by atoms with van der Waals surface area (Å²) < 4.78 is 0. The molecule has 3 N–H and O–H groups in total. The molecule has 1 heterocycles. The lowest BCUT2D eigenvalue weighted by Gasteiger charge is -2.22. The number of nitrogens with one attached hydrogen (secondary N) is 3. The third-order valence-electron chi connectivity index (χ3n) is 3.28. The number of hydrogen-bond donors (Lipinski definition) is 3. The van der Waals surface area contributed by atoms with Crippen molar-refractivity contribution in [3.8, 4) is 0 Å². The maximum atomic E-state index is 12.0. The van der Waals surface area contributed by atoms with E-state index in [0.717, 1.165) is 23.7 Å². The number of thioether (sulfide) groups is 1. The molecule has 1 fully saturated rings. The van der Waals surface area contributed by atoms with Crippen molar-refractivity contribution in [2.45, 2.75) is 32.4 Å². The first-order chi connectivity index (χ1) is 10.5. The molecule has 1 aliphatic heterocycles. The maximum absolute atomic E-state index is 12.0. The van der Waals surface area contributed by atoms with Crippen molar-refractivity contribution >= 4 is 29.3 Å². The van der Waals surface area contributed by atoms with Gasteiger partial charge in [0.2, 0.25) is 5.91 Å². The fourth-order valence-electron chi connectivity index (χ4n) is 2.24. The van der Waals surface area contributed by atoms with Gasteiger partial charge in [0.05, 0.1) is 0 Å². The molecule has 1 unspecified atom stereocenters. The molecule has 2 rings (SSSR count). The number of amides is 2. The second-order valence-corrected chi connectivity index (χ2v) is 6.83. The predicted molar refractivity (Wildman–Crippen MR) is 91.4 cm³/mol. The van der Waals surface area contributed by atoms with Gasteiger partial charge in [-0.1, -0.05) is 0 Å². The van der Waals surface area contributed by atoms with Crippen LogP contribution in [0.5, 0.6) is 0 Å². The Kier molecular flexibility index (Phi) is 6.27. The number of rotatable bonds is 5. The molecule has 0 bridgehead atoms. The van der Waals surface area contributed by atoms with Crippen LogP contribution in [0.4, 0.5) is 5.69 Å². The molecule has 1 atom stereocenters. The van der Waals surface area contributed by atoms with Gasteiger partial charge in [-0.2, -0.15) is 11.8 Å². The molecule has 5 nitrogen and oxygen atoms in total. The Hall–Kier alpha value is -1.53. The minimum atomic E-state index is -0.101. The van der Waals surface area contributed by atoms with Crippen molar-refractivity contribution in [2.75, 3.05) is 23.4 Å². The van der Waals surface area contributed by atoms with Gasteiger partial charge in [-0.15, -0.1) is 0 Å². The van der Waals surface area contributed by atoms with Crippen molar-refractivity contribution in [1.29, 1.82) is 0 Å². The van der Waals surface area contributed by atoms with Crippen molar-refractivity contribution in [3.63, 3.8) is 0 Å². The van der Waals surface area contributed by atoms with E-state index >= 15 is 0 Å². The van der Waals surface area contributed by atoms with Gasteiger partial charge >= 0.3 is 0 Å². The van der Waals surface area contributed by atoms with E-state index in [1.54, 1.807) is 24.3 Å². The molecule has 0 aliphatic carbocycles. The molecule has 2 amide bonds. The van der Waals surface area contributed by atoms with Crippen LogP contribution in [0.3, 0.4) is 0 Å². The summed E-state index contributed by atoms with van der Waals surface area (Å²) in [5, 5.41) is 9.06. The van der Waals surface area contributed by atoms with Gasteiger partial charge in [-0.3, -0.25) is 9.59 Å². The highest BCUT2D eigenvalue weighted by atomic mass is 32.2. The van der Waals surface area contributed by atoms with Crippen LogP contribution in [-0.4, -0.2) is 41.9 Å². The molecule has 0 aromatic heterocycles. The monoisotopic (exact) mass is 321 g/mol. The summed E-state index contributed by atoms with van der Waals surface area (Å²) in [6, 6.07) is 7.32. The second kappa shape index (κ2) is 8.19. The normalized spacial score (nSPS) is 18.0. The Labute approximate surface area is 135 Å². The number of benzene rings is 1. The average molecular weight is 321 g/mol. The number of anilines is 1. The molecule has 6 heteroatoms. The van der Waals surface area contributed by atoms with Crippen LogP contribution >= 0.6 is 11.8 Å². The van der Waals surface area contributed by atoms with Crippen LogP contribution in [0.1, 0.15) is 30.6 Å². The van der Waals surface area contributed by atoms with E-state index in [4.69, 9.17) is 0 Å². The Balaban J connectivity index is 1.85.